The maximum absolute atomic E-state index is 12.3. The van der Waals surface area contributed by atoms with Gasteiger partial charge in [-0.25, -0.2) is 8.42 Å². The zero-order chi connectivity index (χ0) is 15.6. The number of rotatable bonds is 5. The molecule has 0 spiro atoms. The van der Waals surface area contributed by atoms with Crippen LogP contribution >= 0.6 is 11.6 Å². The fraction of sp³-hybridized carbons (Fsp3) is 0.231. The first kappa shape index (κ1) is 15.7. The summed E-state index contributed by atoms with van der Waals surface area (Å²) < 4.78 is 33.8. The summed E-state index contributed by atoms with van der Waals surface area (Å²) in [5, 5.41) is 0.327. The molecule has 6 nitrogen and oxygen atoms in total. The monoisotopic (exact) mass is 329 g/mol. The van der Waals surface area contributed by atoms with E-state index < -0.39 is 10.0 Å². The van der Waals surface area contributed by atoms with Gasteiger partial charge in [0.2, 0.25) is 0 Å². The number of methoxy groups -OCH3 is 1. The van der Waals surface area contributed by atoms with E-state index in [1.54, 1.807) is 23.7 Å². The van der Waals surface area contributed by atoms with Crippen LogP contribution in [0.3, 0.4) is 0 Å². The van der Waals surface area contributed by atoms with Crippen LogP contribution in [-0.2, 0) is 23.6 Å². The van der Waals surface area contributed by atoms with Crippen molar-refractivity contribution in [3.8, 4) is 5.75 Å². The van der Waals surface area contributed by atoms with Crippen molar-refractivity contribution >= 4 is 27.3 Å². The number of sulfonamides is 1. The second-order valence-corrected chi connectivity index (χ2v) is 6.53. The van der Waals surface area contributed by atoms with Gasteiger partial charge in [0.15, 0.2) is 0 Å². The van der Waals surface area contributed by atoms with Crippen molar-refractivity contribution in [2.24, 2.45) is 12.8 Å². The second-order valence-electron chi connectivity index (χ2n) is 4.44. The fourth-order valence-electron chi connectivity index (χ4n) is 1.87. The molecule has 0 unspecified atom stereocenters. The number of nitrogens with zero attached hydrogens (tertiary/aromatic N) is 1. The highest BCUT2D eigenvalue weighted by molar-refractivity contribution is 7.92. The minimum atomic E-state index is -3.69. The van der Waals surface area contributed by atoms with Crippen molar-refractivity contribution in [1.82, 2.24) is 4.57 Å². The molecule has 1 heterocycles. The largest absolute Gasteiger partial charge is 0.495 e. The Morgan fingerprint density at radius 1 is 1.38 bits per heavy atom. The molecule has 0 radical (unpaired) electrons. The third-order valence-electron chi connectivity index (χ3n) is 3.01. The van der Waals surface area contributed by atoms with Crippen LogP contribution in [0.2, 0.25) is 5.02 Å². The average Bonchev–Trinajstić information content (AvgIpc) is 2.80. The van der Waals surface area contributed by atoms with Crippen molar-refractivity contribution in [2.75, 3.05) is 11.8 Å². The molecule has 2 aromatic rings. The Morgan fingerprint density at radius 3 is 2.62 bits per heavy atom. The predicted octanol–water partition coefficient (Wildman–Crippen LogP) is 1.95. The van der Waals surface area contributed by atoms with Crippen molar-refractivity contribution in [2.45, 2.75) is 11.4 Å². The second kappa shape index (κ2) is 5.97. The number of ether oxygens (including phenoxy) is 1. The van der Waals surface area contributed by atoms with E-state index in [-0.39, 0.29) is 11.4 Å². The number of benzene rings is 1. The summed E-state index contributed by atoms with van der Waals surface area (Å²) in [6, 6.07) is 6.20. The molecule has 0 fully saturated rings. The number of aromatic nitrogens is 1. The van der Waals surface area contributed by atoms with Gasteiger partial charge in [-0.15, -0.1) is 0 Å². The Kier molecular flexibility index (Phi) is 4.46. The van der Waals surface area contributed by atoms with E-state index in [4.69, 9.17) is 22.1 Å². The number of anilines is 1. The zero-order valence-electron chi connectivity index (χ0n) is 11.6. The smallest absolute Gasteiger partial charge is 0.263 e. The summed E-state index contributed by atoms with van der Waals surface area (Å²) >= 11 is 5.98. The van der Waals surface area contributed by atoms with Crippen LogP contribution in [0.5, 0.6) is 5.75 Å². The molecule has 0 atom stereocenters. The Labute approximate surface area is 128 Å². The first-order valence-corrected chi connectivity index (χ1v) is 7.95. The van der Waals surface area contributed by atoms with Crippen LogP contribution in [0, 0.1) is 0 Å². The molecule has 21 heavy (non-hydrogen) atoms. The fourth-order valence-corrected chi connectivity index (χ4v) is 3.27. The summed E-state index contributed by atoms with van der Waals surface area (Å²) in [5.74, 6) is 0.477. The summed E-state index contributed by atoms with van der Waals surface area (Å²) in [6.07, 6.45) is 1.51. The Hall–Kier alpha value is -1.70. The Balaban J connectivity index is 2.30. The molecule has 1 aromatic heterocycles. The van der Waals surface area contributed by atoms with Gasteiger partial charge in [0.05, 0.1) is 17.8 Å². The first-order chi connectivity index (χ1) is 9.87. The van der Waals surface area contributed by atoms with Crippen LogP contribution in [-0.4, -0.2) is 20.1 Å². The molecule has 0 saturated heterocycles. The van der Waals surface area contributed by atoms with E-state index >= 15 is 0 Å². The first-order valence-electron chi connectivity index (χ1n) is 6.09. The van der Waals surface area contributed by atoms with Crippen LogP contribution in [0.4, 0.5) is 5.69 Å². The van der Waals surface area contributed by atoms with Crippen LogP contribution in [0.1, 0.15) is 5.69 Å². The highest BCUT2D eigenvalue weighted by Gasteiger charge is 2.18. The zero-order valence-corrected chi connectivity index (χ0v) is 13.2. The van der Waals surface area contributed by atoms with E-state index in [2.05, 4.69) is 4.72 Å². The summed E-state index contributed by atoms with van der Waals surface area (Å²) in [5.41, 5.74) is 6.63. The molecule has 0 bridgehead atoms. The predicted molar refractivity (Wildman–Crippen MR) is 82.1 cm³/mol. The quantitative estimate of drug-likeness (QED) is 0.877. The molecule has 2 rings (SSSR count). The average molecular weight is 330 g/mol. The van der Waals surface area contributed by atoms with Gasteiger partial charge in [0, 0.05) is 25.5 Å². The number of nitrogens with one attached hydrogen (secondary N) is 1. The molecule has 0 saturated carbocycles. The van der Waals surface area contributed by atoms with Gasteiger partial charge in [-0.1, -0.05) is 11.6 Å². The highest BCUT2D eigenvalue weighted by Crippen LogP contribution is 2.28. The molecule has 3 N–H and O–H groups in total. The van der Waals surface area contributed by atoms with E-state index in [1.165, 1.54) is 25.4 Å². The molecule has 1 aromatic carbocycles. The maximum atomic E-state index is 12.3. The molecule has 0 aliphatic carbocycles. The minimum Gasteiger partial charge on any atom is -0.495 e. The summed E-state index contributed by atoms with van der Waals surface area (Å²) in [4.78, 5) is 0.150. The van der Waals surface area contributed by atoms with Crippen LogP contribution in [0.25, 0.3) is 0 Å². The summed E-state index contributed by atoms with van der Waals surface area (Å²) in [7, 11) is -0.456. The molecule has 8 heteroatoms. The van der Waals surface area contributed by atoms with Gasteiger partial charge < -0.3 is 15.0 Å². The standard InChI is InChI=1S/C13H16ClN3O3S/c1-17-8-11(6-10(17)7-15)21(18,19)16-9-3-4-13(20-2)12(14)5-9/h3-6,8,16H,7,15H2,1-2H3. The number of aryl methyl sites for hydroxylation is 1. The van der Waals surface area contributed by atoms with Crippen LogP contribution in [0.15, 0.2) is 35.4 Å². The van der Waals surface area contributed by atoms with Crippen molar-refractivity contribution in [3.63, 3.8) is 0 Å². The number of nitrogens with two attached hydrogens (primary N) is 1. The lowest BCUT2D eigenvalue weighted by Gasteiger charge is -2.08. The highest BCUT2D eigenvalue weighted by atomic mass is 35.5. The number of halogens is 1. The van der Waals surface area contributed by atoms with Gasteiger partial charge in [0.1, 0.15) is 10.6 Å². The van der Waals surface area contributed by atoms with E-state index in [9.17, 15) is 8.42 Å². The van der Waals surface area contributed by atoms with Crippen molar-refractivity contribution in [3.05, 3.63) is 41.2 Å². The maximum Gasteiger partial charge on any atom is 0.263 e. The molecule has 0 amide bonds. The number of hydrogen-bond donors (Lipinski definition) is 2. The number of hydrogen-bond acceptors (Lipinski definition) is 4. The van der Waals surface area contributed by atoms with E-state index in [0.717, 1.165) is 5.69 Å². The molecular formula is C13H16ClN3O3S. The lowest BCUT2D eigenvalue weighted by atomic mass is 10.3. The van der Waals surface area contributed by atoms with Crippen molar-refractivity contribution < 1.29 is 13.2 Å². The Morgan fingerprint density at radius 2 is 2.10 bits per heavy atom. The lowest BCUT2D eigenvalue weighted by Crippen LogP contribution is -2.12. The van der Waals surface area contributed by atoms with Gasteiger partial charge in [0.25, 0.3) is 10.0 Å². The topological polar surface area (TPSA) is 86.3 Å². The van der Waals surface area contributed by atoms with Gasteiger partial charge in [-0.05, 0) is 24.3 Å². The normalized spacial score (nSPS) is 11.4. The van der Waals surface area contributed by atoms with Crippen molar-refractivity contribution in [1.29, 1.82) is 0 Å². The third-order valence-corrected chi connectivity index (χ3v) is 4.65. The Bertz CT molecular complexity index is 756. The lowest BCUT2D eigenvalue weighted by molar-refractivity contribution is 0.415. The SMILES string of the molecule is COc1ccc(NS(=O)(=O)c2cc(CN)n(C)c2)cc1Cl. The third kappa shape index (κ3) is 3.31. The van der Waals surface area contributed by atoms with Crippen LogP contribution < -0.4 is 15.2 Å². The molecule has 0 aliphatic rings. The summed E-state index contributed by atoms with van der Waals surface area (Å²) in [6.45, 7) is 0.264. The molecule has 114 valence electrons. The minimum absolute atomic E-state index is 0.150. The van der Waals surface area contributed by atoms with E-state index in [0.29, 0.717) is 16.5 Å². The van der Waals surface area contributed by atoms with Gasteiger partial charge >= 0.3 is 0 Å². The molecule has 0 aliphatic heterocycles. The molecular weight excluding hydrogens is 314 g/mol. The van der Waals surface area contributed by atoms with E-state index in [1.807, 2.05) is 0 Å². The van der Waals surface area contributed by atoms with Gasteiger partial charge in [-0.2, -0.15) is 0 Å². The van der Waals surface area contributed by atoms with Gasteiger partial charge in [-0.3, -0.25) is 4.72 Å².